The lowest BCUT2D eigenvalue weighted by Gasteiger charge is -2.29. The predicted octanol–water partition coefficient (Wildman–Crippen LogP) is 3.16. The first-order chi connectivity index (χ1) is 7.10. The Bertz CT molecular complexity index is 281. The van der Waals surface area contributed by atoms with Gasteiger partial charge in [0.15, 0.2) is 0 Å². The minimum Gasteiger partial charge on any atom is -0.245 e. The van der Waals surface area contributed by atoms with Gasteiger partial charge in [-0.2, -0.15) is 8.78 Å². The van der Waals surface area contributed by atoms with Gasteiger partial charge in [0.25, 0.3) is 0 Å². The Hall–Kier alpha value is -0.960. The van der Waals surface area contributed by atoms with Gasteiger partial charge in [-0.25, -0.2) is 4.90 Å². The maximum atomic E-state index is 13.7. The van der Waals surface area contributed by atoms with E-state index in [0.717, 1.165) is 0 Å². The van der Waals surface area contributed by atoms with Gasteiger partial charge in [0, 0.05) is 13.1 Å². The first-order valence-electron chi connectivity index (χ1n) is 5.27. The molecule has 1 rings (SSSR count). The van der Waals surface area contributed by atoms with E-state index in [1.807, 2.05) is 6.07 Å². The quantitative estimate of drug-likeness (QED) is 0.679. The Balaban J connectivity index is 2.71. The van der Waals surface area contributed by atoms with Crippen molar-refractivity contribution in [3.8, 4) is 0 Å². The number of rotatable bonds is 5. The first kappa shape index (κ1) is 12.1. The molecule has 0 bridgehead atoms. The van der Waals surface area contributed by atoms with Gasteiger partial charge < -0.3 is 0 Å². The fourth-order valence-corrected chi connectivity index (χ4v) is 1.64. The molecule has 0 amide bonds. The van der Waals surface area contributed by atoms with Crippen LogP contribution in [0, 0.1) is 0 Å². The van der Waals surface area contributed by atoms with Crippen LogP contribution in [0.15, 0.2) is 30.3 Å². The largest absolute Gasteiger partial charge is 0.308 e. The van der Waals surface area contributed by atoms with Gasteiger partial charge in [-0.05, 0) is 5.56 Å². The fourth-order valence-electron chi connectivity index (χ4n) is 1.64. The van der Waals surface area contributed by atoms with Crippen LogP contribution in [-0.4, -0.2) is 24.0 Å². The molecule has 84 valence electrons. The molecule has 0 saturated heterocycles. The van der Waals surface area contributed by atoms with E-state index in [0.29, 0.717) is 18.7 Å². The van der Waals surface area contributed by atoms with Crippen LogP contribution in [0.2, 0.25) is 0 Å². The first-order valence-corrected chi connectivity index (χ1v) is 5.27. The molecule has 0 aliphatic rings. The molecule has 0 saturated carbocycles. The van der Waals surface area contributed by atoms with Crippen LogP contribution in [0.4, 0.5) is 8.78 Å². The summed E-state index contributed by atoms with van der Waals surface area (Å²) < 4.78 is 27.4. The molecule has 0 radical (unpaired) electrons. The van der Waals surface area contributed by atoms with Gasteiger partial charge in [0.1, 0.15) is 0 Å². The van der Waals surface area contributed by atoms with Crippen molar-refractivity contribution < 1.29 is 8.78 Å². The summed E-state index contributed by atoms with van der Waals surface area (Å²) in [7, 11) is 0. The molecule has 3 heteroatoms. The number of hydrogen-bond donors (Lipinski definition) is 0. The lowest BCUT2D eigenvalue weighted by molar-refractivity contribution is -0.141. The Morgan fingerprint density at radius 3 is 2.07 bits per heavy atom. The van der Waals surface area contributed by atoms with E-state index in [1.54, 1.807) is 38.1 Å². The van der Waals surface area contributed by atoms with E-state index in [4.69, 9.17) is 0 Å². The lowest BCUT2D eigenvalue weighted by atomic mass is 10.1. The van der Waals surface area contributed by atoms with Crippen molar-refractivity contribution in [1.82, 2.24) is 4.90 Å². The van der Waals surface area contributed by atoms with Crippen LogP contribution in [-0.2, 0) is 6.42 Å². The molecule has 1 nitrogen and oxygen atoms in total. The maximum Gasteiger partial charge on any atom is 0.308 e. The molecular formula is C12H17F2N. The molecule has 0 fully saturated rings. The van der Waals surface area contributed by atoms with Gasteiger partial charge >= 0.3 is 6.05 Å². The summed E-state index contributed by atoms with van der Waals surface area (Å²) in [5.41, 5.74) is 0.675. The molecular weight excluding hydrogens is 196 g/mol. The van der Waals surface area contributed by atoms with Crippen LogP contribution in [0.25, 0.3) is 0 Å². The third-order valence-corrected chi connectivity index (χ3v) is 2.49. The van der Waals surface area contributed by atoms with E-state index in [2.05, 4.69) is 0 Å². The molecule has 0 aliphatic carbocycles. The van der Waals surface area contributed by atoms with Crippen molar-refractivity contribution in [1.29, 1.82) is 0 Å². The molecule has 0 aromatic heterocycles. The molecule has 0 spiro atoms. The van der Waals surface area contributed by atoms with Crippen LogP contribution >= 0.6 is 0 Å². The van der Waals surface area contributed by atoms with Crippen LogP contribution in [0.5, 0.6) is 0 Å². The minimum absolute atomic E-state index is 0.213. The Morgan fingerprint density at radius 2 is 1.60 bits per heavy atom. The van der Waals surface area contributed by atoms with Crippen LogP contribution < -0.4 is 0 Å². The number of halogens is 2. The van der Waals surface area contributed by atoms with Crippen molar-refractivity contribution in [2.24, 2.45) is 0 Å². The average molecular weight is 213 g/mol. The SMILES string of the molecule is CCN(CC)C(F)(F)Cc1ccccc1. The van der Waals surface area contributed by atoms with Crippen LogP contribution in [0.1, 0.15) is 19.4 Å². The van der Waals surface area contributed by atoms with Crippen molar-refractivity contribution in [2.75, 3.05) is 13.1 Å². The summed E-state index contributed by atoms with van der Waals surface area (Å²) in [6.45, 7) is 4.25. The third kappa shape index (κ3) is 3.27. The Labute approximate surface area is 89.7 Å². The predicted molar refractivity (Wildman–Crippen MR) is 58.0 cm³/mol. The molecule has 0 N–H and O–H groups in total. The summed E-state index contributed by atoms with van der Waals surface area (Å²) in [6.07, 6.45) is -0.213. The highest BCUT2D eigenvalue weighted by Gasteiger charge is 2.34. The zero-order valence-corrected chi connectivity index (χ0v) is 9.21. The highest BCUT2D eigenvalue weighted by Crippen LogP contribution is 2.24. The zero-order valence-electron chi connectivity index (χ0n) is 9.21. The third-order valence-electron chi connectivity index (χ3n) is 2.49. The molecule has 1 aromatic rings. The van der Waals surface area contributed by atoms with Crippen molar-refractivity contribution in [2.45, 2.75) is 26.3 Å². The van der Waals surface area contributed by atoms with E-state index in [1.165, 1.54) is 4.90 Å². The topological polar surface area (TPSA) is 3.24 Å². The standard InChI is InChI=1S/C12H17F2N/c1-3-15(4-2)12(13,14)10-11-8-6-5-7-9-11/h5-9H,3-4,10H2,1-2H3. The summed E-state index contributed by atoms with van der Waals surface area (Å²) in [5, 5.41) is 0. The van der Waals surface area contributed by atoms with E-state index in [9.17, 15) is 8.78 Å². The maximum absolute atomic E-state index is 13.7. The summed E-state index contributed by atoms with van der Waals surface area (Å²) in [5.74, 6) is 0. The highest BCUT2D eigenvalue weighted by molar-refractivity contribution is 5.16. The number of nitrogens with zero attached hydrogens (tertiary/aromatic N) is 1. The minimum atomic E-state index is -2.75. The van der Waals surface area contributed by atoms with Gasteiger partial charge in [0.2, 0.25) is 0 Å². The van der Waals surface area contributed by atoms with Gasteiger partial charge in [0.05, 0.1) is 6.42 Å². The Morgan fingerprint density at radius 1 is 1.07 bits per heavy atom. The molecule has 15 heavy (non-hydrogen) atoms. The van der Waals surface area contributed by atoms with Crippen molar-refractivity contribution in [3.63, 3.8) is 0 Å². The Kier molecular flexibility index (Phi) is 4.21. The van der Waals surface area contributed by atoms with Gasteiger partial charge in [-0.1, -0.05) is 44.2 Å². The second-order valence-corrected chi connectivity index (χ2v) is 3.50. The van der Waals surface area contributed by atoms with E-state index in [-0.39, 0.29) is 6.42 Å². The van der Waals surface area contributed by atoms with Crippen molar-refractivity contribution >= 4 is 0 Å². The average Bonchev–Trinajstić information content (AvgIpc) is 2.19. The van der Waals surface area contributed by atoms with E-state index >= 15 is 0 Å². The zero-order chi connectivity index (χ0) is 11.3. The summed E-state index contributed by atoms with van der Waals surface area (Å²) in [6, 6.07) is 6.13. The van der Waals surface area contributed by atoms with Crippen molar-refractivity contribution in [3.05, 3.63) is 35.9 Å². The van der Waals surface area contributed by atoms with Crippen LogP contribution in [0.3, 0.4) is 0 Å². The second kappa shape index (κ2) is 5.21. The smallest absolute Gasteiger partial charge is 0.245 e. The highest BCUT2D eigenvalue weighted by atomic mass is 19.3. The molecule has 1 aromatic carbocycles. The number of alkyl halides is 2. The fraction of sp³-hybridized carbons (Fsp3) is 0.500. The van der Waals surface area contributed by atoms with Gasteiger partial charge in [-0.3, -0.25) is 0 Å². The molecule has 0 heterocycles. The summed E-state index contributed by atoms with van der Waals surface area (Å²) in [4.78, 5) is 1.18. The second-order valence-electron chi connectivity index (χ2n) is 3.50. The number of likely N-dealkylation sites (N-methyl/N-ethyl adjacent to an activating group) is 1. The molecule has 0 unspecified atom stereocenters. The molecule has 0 aliphatic heterocycles. The number of hydrogen-bond acceptors (Lipinski definition) is 1. The lowest BCUT2D eigenvalue weighted by Crippen LogP contribution is -2.43. The monoisotopic (exact) mass is 213 g/mol. The number of benzene rings is 1. The normalized spacial score (nSPS) is 12.1. The van der Waals surface area contributed by atoms with E-state index < -0.39 is 6.05 Å². The summed E-state index contributed by atoms with van der Waals surface area (Å²) >= 11 is 0. The molecule has 0 atom stereocenters. The van der Waals surface area contributed by atoms with Gasteiger partial charge in [-0.15, -0.1) is 0 Å².